The first-order chi connectivity index (χ1) is 12.5. The maximum absolute atomic E-state index is 13.4. The van der Waals surface area contributed by atoms with Gasteiger partial charge in [0.1, 0.15) is 5.82 Å². The third kappa shape index (κ3) is 4.33. The first-order valence-electron chi connectivity index (χ1n) is 9.23. The van der Waals surface area contributed by atoms with Crippen LogP contribution in [0.2, 0.25) is 0 Å². The number of nitrogens with one attached hydrogen (secondary N) is 1. The lowest BCUT2D eigenvalue weighted by Crippen LogP contribution is -2.56. The molecule has 1 unspecified atom stereocenters. The van der Waals surface area contributed by atoms with E-state index in [0.717, 1.165) is 24.8 Å². The largest absolute Gasteiger partial charge is 0.480 e. The van der Waals surface area contributed by atoms with E-state index >= 15 is 0 Å². The number of amides is 2. The number of carbonyl (C=O) groups excluding carboxylic acids is 1. The maximum atomic E-state index is 13.4. The zero-order valence-electron chi connectivity index (χ0n) is 15.0. The molecule has 0 spiro atoms. The van der Waals surface area contributed by atoms with Gasteiger partial charge in [0.05, 0.1) is 6.54 Å². The molecular weight excluding hydrogens is 337 g/mol. The van der Waals surface area contributed by atoms with Crippen LogP contribution < -0.4 is 5.32 Å². The Morgan fingerprint density at radius 2 is 2.15 bits per heavy atom. The number of likely N-dealkylation sites (tertiary alicyclic amines) is 1. The maximum Gasteiger partial charge on any atom is 0.317 e. The minimum absolute atomic E-state index is 0.0449. The molecule has 6 nitrogen and oxygen atoms in total. The monoisotopic (exact) mass is 363 g/mol. The van der Waals surface area contributed by atoms with E-state index in [0.29, 0.717) is 19.6 Å². The predicted octanol–water partition coefficient (Wildman–Crippen LogP) is 2.26. The molecule has 0 aromatic heterocycles. The van der Waals surface area contributed by atoms with E-state index in [1.807, 2.05) is 17.9 Å². The summed E-state index contributed by atoms with van der Waals surface area (Å²) in [6.07, 6.45) is 2.41. The van der Waals surface area contributed by atoms with Crippen LogP contribution in [-0.2, 0) is 4.79 Å². The van der Waals surface area contributed by atoms with Crippen LogP contribution >= 0.6 is 0 Å². The number of aliphatic carboxylic acids is 1. The Morgan fingerprint density at radius 1 is 1.38 bits per heavy atom. The van der Waals surface area contributed by atoms with Crippen LogP contribution in [0.1, 0.15) is 37.7 Å². The van der Waals surface area contributed by atoms with Crippen LogP contribution in [-0.4, -0.2) is 65.2 Å². The molecule has 2 amide bonds. The number of hydrogen-bond donors (Lipinski definition) is 2. The van der Waals surface area contributed by atoms with Crippen molar-refractivity contribution in [1.29, 1.82) is 0 Å². The molecule has 2 fully saturated rings. The average molecular weight is 363 g/mol. The van der Waals surface area contributed by atoms with E-state index in [2.05, 4.69) is 5.32 Å². The van der Waals surface area contributed by atoms with Crippen molar-refractivity contribution in [2.24, 2.45) is 0 Å². The zero-order chi connectivity index (χ0) is 18.7. The summed E-state index contributed by atoms with van der Waals surface area (Å²) in [5, 5.41) is 12.0. The van der Waals surface area contributed by atoms with Crippen molar-refractivity contribution in [3.05, 3.63) is 35.6 Å². The van der Waals surface area contributed by atoms with Gasteiger partial charge in [-0.15, -0.1) is 0 Å². The molecule has 1 aliphatic heterocycles. The Hall–Kier alpha value is -2.15. The van der Waals surface area contributed by atoms with Gasteiger partial charge in [0.15, 0.2) is 0 Å². The van der Waals surface area contributed by atoms with Gasteiger partial charge in [0.25, 0.3) is 0 Å². The summed E-state index contributed by atoms with van der Waals surface area (Å²) in [6.45, 7) is 3.96. The van der Waals surface area contributed by atoms with Crippen molar-refractivity contribution in [3.63, 3.8) is 0 Å². The summed E-state index contributed by atoms with van der Waals surface area (Å²) in [5.41, 5.74) is 0.941. The van der Waals surface area contributed by atoms with Crippen molar-refractivity contribution in [2.45, 2.75) is 44.2 Å². The summed E-state index contributed by atoms with van der Waals surface area (Å²) in [7, 11) is 0. The number of likely N-dealkylation sites (N-methyl/N-ethyl adjacent to an activating group) is 1. The van der Waals surface area contributed by atoms with Crippen molar-refractivity contribution >= 4 is 12.0 Å². The highest BCUT2D eigenvalue weighted by Gasteiger charge is 2.36. The summed E-state index contributed by atoms with van der Waals surface area (Å²) in [6, 6.07) is 6.84. The van der Waals surface area contributed by atoms with Gasteiger partial charge >= 0.3 is 12.0 Å². The van der Waals surface area contributed by atoms with Crippen molar-refractivity contribution in [2.75, 3.05) is 26.2 Å². The highest BCUT2D eigenvalue weighted by Crippen LogP contribution is 2.29. The molecule has 0 bridgehead atoms. The fraction of sp³-hybridized carbons (Fsp3) is 0.579. The van der Waals surface area contributed by atoms with E-state index in [1.54, 1.807) is 17.0 Å². The molecule has 7 heteroatoms. The molecule has 1 heterocycles. The highest BCUT2D eigenvalue weighted by molar-refractivity contribution is 5.75. The Labute approximate surface area is 153 Å². The molecule has 1 aliphatic carbocycles. The predicted molar refractivity (Wildman–Crippen MR) is 95.6 cm³/mol. The lowest BCUT2D eigenvalue weighted by atomic mass is 9.85. The van der Waals surface area contributed by atoms with E-state index in [4.69, 9.17) is 5.11 Å². The molecule has 2 aliphatic rings. The van der Waals surface area contributed by atoms with Crippen LogP contribution in [0.3, 0.4) is 0 Å². The highest BCUT2D eigenvalue weighted by atomic mass is 19.1. The first kappa shape index (κ1) is 18.6. The van der Waals surface area contributed by atoms with Crippen LogP contribution in [0.5, 0.6) is 0 Å². The van der Waals surface area contributed by atoms with E-state index < -0.39 is 5.97 Å². The number of urea groups is 1. The molecule has 0 radical (unpaired) electrons. The van der Waals surface area contributed by atoms with Crippen LogP contribution in [0, 0.1) is 5.82 Å². The SMILES string of the molecule is CCN(CC(=O)O)C1CC(NC(=O)N2CCC(c3cccc(F)c3)C2)C1. The number of carboxylic acids is 1. The van der Waals surface area contributed by atoms with E-state index in [9.17, 15) is 14.0 Å². The average Bonchev–Trinajstić information content (AvgIpc) is 3.06. The van der Waals surface area contributed by atoms with Gasteiger partial charge in [-0.05, 0) is 43.5 Å². The topological polar surface area (TPSA) is 72.9 Å². The Bertz CT molecular complexity index is 663. The minimum Gasteiger partial charge on any atom is -0.480 e. The third-order valence-electron chi connectivity index (χ3n) is 5.50. The Kier molecular flexibility index (Phi) is 5.76. The summed E-state index contributed by atoms with van der Waals surface area (Å²) >= 11 is 0. The molecule has 2 N–H and O–H groups in total. The second-order valence-electron chi connectivity index (χ2n) is 7.22. The normalized spacial score (nSPS) is 25.2. The van der Waals surface area contributed by atoms with E-state index in [-0.39, 0.29) is 36.4 Å². The van der Waals surface area contributed by atoms with Crippen LogP contribution in [0.15, 0.2) is 24.3 Å². The minimum atomic E-state index is -0.820. The summed E-state index contributed by atoms with van der Waals surface area (Å²) in [4.78, 5) is 27.0. The molecule has 1 atom stereocenters. The number of hydrogen-bond acceptors (Lipinski definition) is 3. The molecule has 142 valence electrons. The molecule has 3 rings (SSSR count). The van der Waals surface area contributed by atoms with Gasteiger partial charge in [-0.25, -0.2) is 9.18 Å². The number of carboxylic acid groups (broad SMARTS) is 1. The van der Waals surface area contributed by atoms with Gasteiger partial charge in [-0.2, -0.15) is 0 Å². The second-order valence-corrected chi connectivity index (χ2v) is 7.22. The number of rotatable bonds is 6. The van der Waals surface area contributed by atoms with E-state index in [1.165, 1.54) is 6.07 Å². The lowest BCUT2D eigenvalue weighted by Gasteiger charge is -2.42. The first-order valence-corrected chi connectivity index (χ1v) is 9.23. The number of nitrogens with zero attached hydrogens (tertiary/aromatic N) is 2. The van der Waals surface area contributed by atoms with Gasteiger partial charge in [-0.3, -0.25) is 9.69 Å². The number of carbonyl (C=O) groups is 2. The van der Waals surface area contributed by atoms with Crippen LogP contribution in [0.4, 0.5) is 9.18 Å². The molecule has 1 aromatic carbocycles. The van der Waals surface area contributed by atoms with Crippen LogP contribution in [0.25, 0.3) is 0 Å². The third-order valence-corrected chi connectivity index (χ3v) is 5.50. The number of halogens is 1. The fourth-order valence-electron chi connectivity index (χ4n) is 3.92. The molecular formula is C19H26FN3O3. The summed E-state index contributed by atoms with van der Waals surface area (Å²) in [5.74, 6) is -0.885. The van der Waals surface area contributed by atoms with Crippen molar-refractivity contribution in [3.8, 4) is 0 Å². The lowest BCUT2D eigenvalue weighted by molar-refractivity contribution is -0.139. The van der Waals surface area contributed by atoms with Crippen molar-refractivity contribution in [1.82, 2.24) is 15.1 Å². The smallest absolute Gasteiger partial charge is 0.317 e. The quantitative estimate of drug-likeness (QED) is 0.813. The zero-order valence-corrected chi connectivity index (χ0v) is 15.0. The van der Waals surface area contributed by atoms with Gasteiger partial charge < -0.3 is 15.3 Å². The fourth-order valence-corrected chi connectivity index (χ4v) is 3.92. The second kappa shape index (κ2) is 8.03. The standard InChI is InChI=1S/C19H26FN3O3/c1-2-22(12-18(24)25)17-9-16(10-17)21-19(26)23-7-6-14(11-23)13-4-3-5-15(20)8-13/h3-5,8,14,16-17H,2,6-7,9-12H2,1H3,(H,21,26)(H,24,25). The molecule has 26 heavy (non-hydrogen) atoms. The van der Waals surface area contributed by atoms with Gasteiger partial charge in [0, 0.05) is 31.1 Å². The number of benzene rings is 1. The molecule has 1 saturated carbocycles. The Balaban J connectivity index is 1.45. The Morgan fingerprint density at radius 3 is 2.81 bits per heavy atom. The molecule has 1 aromatic rings. The van der Waals surface area contributed by atoms with Gasteiger partial charge in [0.2, 0.25) is 0 Å². The summed E-state index contributed by atoms with van der Waals surface area (Å²) < 4.78 is 13.4. The van der Waals surface area contributed by atoms with Crippen molar-refractivity contribution < 1.29 is 19.1 Å². The van der Waals surface area contributed by atoms with Gasteiger partial charge in [-0.1, -0.05) is 19.1 Å². The molecule has 1 saturated heterocycles.